The third-order valence-electron chi connectivity index (χ3n) is 3.27. The number of likely N-dealkylation sites (tertiary alicyclic amines) is 1. The summed E-state index contributed by atoms with van der Waals surface area (Å²) in [5, 5.41) is 0. The van der Waals surface area contributed by atoms with Crippen molar-refractivity contribution in [3.63, 3.8) is 0 Å². The van der Waals surface area contributed by atoms with Gasteiger partial charge in [0.1, 0.15) is 0 Å². The molecule has 1 saturated carbocycles. The van der Waals surface area contributed by atoms with Crippen molar-refractivity contribution in [1.82, 2.24) is 4.90 Å². The Morgan fingerprint density at radius 1 is 1.10 bits per heavy atom. The maximum atomic E-state index is 2.56. The summed E-state index contributed by atoms with van der Waals surface area (Å²) < 4.78 is 0. The van der Waals surface area contributed by atoms with Crippen LogP contribution in [0.5, 0.6) is 0 Å². The lowest BCUT2D eigenvalue weighted by molar-refractivity contribution is 0.155. The van der Waals surface area contributed by atoms with Gasteiger partial charge in [0.05, 0.1) is 0 Å². The number of nitrogens with zero attached hydrogens (tertiary/aromatic N) is 1. The van der Waals surface area contributed by atoms with Crippen LogP contribution in [0.3, 0.4) is 0 Å². The summed E-state index contributed by atoms with van der Waals surface area (Å²) in [5.74, 6) is 1.08. The Balaban J connectivity index is 1.90. The second-order valence-electron chi connectivity index (χ2n) is 3.88. The molecular formula is C9H17N. The zero-order valence-corrected chi connectivity index (χ0v) is 6.84. The van der Waals surface area contributed by atoms with Crippen molar-refractivity contribution < 1.29 is 0 Å². The van der Waals surface area contributed by atoms with Gasteiger partial charge in [0, 0.05) is 6.04 Å². The first-order valence-corrected chi connectivity index (χ1v) is 4.58. The molecule has 0 aromatic rings. The number of rotatable bonds is 1. The zero-order valence-electron chi connectivity index (χ0n) is 6.84. The molecule has 1 heterocycles. The van der Waals surface area contributed by atoms with Crippen LogP contribution in [0.4, 0.5) is 0 Å². The average molecular weight is 139 g/mol. The predicted octanol–water partition coefficient (Wildman–Crippen LogP) is 1.88. The Labute approximate surface area is 63.4 Å². The molecule has 10 heavy (non-hydrogen) atoms. The van der Waals surface area contributed by atoms with Gasteiger partial charge in [-0.05, 0) is 45.2 Å². The quantitative estimate of drug-likeness (QED) is 0.536. The third kappa shape index (κ3) is 0.968. The fourth-order valence-electron chi connectivity index (χ4n) is 2.36. The van der Waals surface area contributed by atoms with E-state index in [-0.39, 0.29) is 0 Å². The second kappa shape index (κ2) is 2.54. The van der Waals surface area contributed by atoms with Crippen molar-refractivity contribution >= 4 is 0 Å². The van der Waals surface area contributed by atoms with Crippen LogP contribution < -0.4 is 0 Å². The summed E-state index contributed by atoms with van der Waals surface area (Å²) in [4.78, 5) is 2.56. The minimum absolute atomic E-state index is 0.966. The van der Waals surface area contributed by atoms with Crippen molar-refractivity contribution in [3.05, 3.63) is 0 Å². The molecule has 2 aliphatic rings. The van der Waals surface area contributed by atoms with Crippen LogP contribution in [0, 0.1) is 5.92 Å². The van der Waals surface area contributed by atoms with Crippen molar-refractivity contribution in [1.29, 1.82) is 0 Å². The Morgan fingerprint density at radius 3 is 2.30 bits per heavy atom. The van der Waals surface area contributed by atoms with E-state index in [0.29, 0.717) is 0 Å². The molecule has 0 spiro atoms. The van der Waals surface area contributed by atoms with Gasteiger partial charge in [-0.15, -0.1) is 0 Å². The van der Waals surface area contributed by atoms with Crippen molar-refractivity contribution in [2.45, 2.75) is 38.1 Å². The lowest BCUT2D eigenvalue weighted by Gasteiger charge is -2.35. The van der Waals surface area contributed by atoms with Crippen LogP contribution in [0.2, 0.25) is 0 Å². The van der Waals surface area contributed by atoms with Crippen LogP contribution in [0.15, 0.2) is 0 Å². The van der Waals surface area contributed by atoms with Gasteiger partial charge in [-0.25, -0.2) is 0 Å². The van der Waals surface area contributed by atoms with E-state index in [1.54, 1.807) is 0 Å². The monoisotopic (exact) mass is 139 g/mol. The van der Waals surface area contributed by atoms with Crippen LogP contribution in [0.1, 0.15) is 32.1 Å². The van der Waals surface area contributed by atoms with Gasteiger partial charge >= 0.3 is 0 Å². The molecule has 58 valence electrons. The van der Waals surface area contributed by atoms with E-state index < -0.39 is 0 Å². The summed E-state index contributed by atoms with van der Waals surface area (Å²) in [5.41, 5.74) is 0. The van der Waals surface area contributed by atoms with Gasteiger partial charge in [-0.3, -0.25) is 0 Å². The molecule has 1 unspecified atom stereocenters. The molecule has 1 saturated heterocycles. The van der Waals surface area contributed by atoms with E-state index in [4.69, 9.17) is 0 Å². The van der Waals surface area contributed by atoms with E-state index in [1.807, 2.05) is 0 Å². The molecule has 1 heteroatoms. The lowest BCUT2D eigenvalue weighted by atomic mass is 9.79. The molecule has 0 amide bonds. The van der Waals surface area contributed by atoms with Gasteiger partial charge in [-0.2, -0.15) is 0 Å². The maximum Gasteiger partial charge on any atom is 0.0121 e. The van der Waals surface area contributed by atoms with Crippen LogP contribution in [-0.4, -0.2) is 24.5 Å². The minimum atomic E-state index is 0.966. The Morgan fingerprint density at radius 2 is 1.90 bits per heavy atom. The van der Waals surface area contributed by atoms with E-state index in [0.717, 1.165) is 12.0 Å². The van der Waals surface area contributed by atoms with E-state index >= 15 is 0 Å². The van der Waals surface area contributed by atoms with Crippen LogP contribution in [0.25, 0.3) is 0 Å². The molecule has 1 atom stereocenters. The molecular weight excluding hydrogens is 122 g/mol. The Hall–Kier alpha value is -0.0400. The van der Waals surface area contributed by atoms with Crippen LogP contribution >= 0.6 is 0 Å². The van der Waals surface area contributed by atoms with E-state index in [1.165, 1.54) is 38.6 Å². The topological polar surface area (TPSA) is 3.24 Å². The third-order valence-corrected chi connectivity index (χ3v) is 3.27. The molecule has 0 N–H and O–H groups in total. The highest BCUT2D eigenvalue weighted by molar-refractivity contribution is 4.87. The first-order valence-electron chi connectivity index (χ1n) is 4.58. The largest absolute Gasteiger partial charge is 0.303 e. The molecule has 0 bridgehead atoms. The minimum Gasteiger partial charge on any atom is -0.303 e. The lowest BCUT2D eigenvalue weighted by Crippen LogP contribution is -2.35. The first-order chi connectivity index (χ1) is 4.88. The highest BCUT2D eigenvalue weighted by Gasteiger charge is 2.32. The molecule has 1 nitrogen and oxygen atoms in total. The molecule has 0 aromatic carbocycles. The smallest absolute Gasteiger partial charge is 0.0121 e. The highest BCUT2D eigenvalue weighted by atomic mass is 15.1. The van der Waals surface area contributed by atoms with Crippen molar-refractivity contribution in [2.75, 3.05) is 13.6 Å². The van der Waals surface area contributed by atoms with Crippen molar-refractivity contribution in [2.24, 2.45) is 5.92 Å². The molecule has 0 radical (unpaired) electrons. The normalized spacial score (nSPS) is 36.3. The molecule has 0 aromatic heterocycles. The van der Waals surface area contributed by atoms with Gasteiger partial charge in [0.25, 0.3) is 0 Å². The first kappa shape index (κ1) is 6.66. The fourth-order valence-corrected chi connectivity index (χ4v) is 2.36. The van der Waals surface area contributed by atoms with Gasteiger partial charge in [0.15, 0.2) is 0 Å². The average Bonchev–Trinajstić information content (AvgIpc) is 2.12. The maximum absolute atomic E-state index is 2.56. The second-order valence-corrected chi connectivity index (χ2v) is 3.88. The summed E-state index contributed by atoms with van der Waals surface area (Å²) in [6.07, 6.45) is 7.43. The van der Waals surface area contributed by atoms with E-state index in [9.17, 15) is 0 Å². The summed E-state index contributed by atoms with van der Waals surface area (Å²) in [6.45, 7) is 1.35. The van der Waals surface area contributed by atoms with Gasteiger partial charge < -0.3 is 4.90 Å². The van der Waals surface area contributed by atoms with Gasteiger partial charge in [-0.1, -0.05) is 6.42 Å². The molecule has 2 fully saturated rings. The number of hydrogen-bond acceptors (Lipinski definition) is 1. The van der Waals surface area contributed by atoms with E-state index in [2.05, 4.69) is 11.9 Å². The van der Waals surface area contributed by atoms with Gasteiger partial charge in [0.2, 0.25) is 0 Å². The predicted molar refractivity (Wildman–Crippen MR) is 43.0 cm³/mol. The highest BCUT2D eigenvalue weighted by Crippen LogP contribution is 2.36. The van der Waals surface area contributed by atoms with Crippen molar-refractivity contribution in [3.8, 4) is 0 Å². The molecule has 1 aliphatic carbocycles. The summed E-state index contributed by atoms with van der Waals surface area (Å²) >= 11 is 0. The summed E-state index contributed by atoms with van der Waals surface area (Å²) in [6, 6.07) is 0.966. The fraction of sp³-hybridized carbons (Fsp3) is 1.00. The standard InChI is InChI=1S/C9H17N/c1-10-7-3-6-9(10)8-4-2-5-8/h8-9H,2-7H2,1H3. The zero-order chi connectivity index (χ0) is 6.97. The summed E-state index contributed by atoms with van der Waals surface area (Å²) in [7, 11) is 2.29. The Kier molecular flexibility index (Phi) is 1.69. The van der Waals surface area contributed by atoms with Crippen LogP contribution in [-0.2, 0) is 0 Å². The molecule has 2 rings (SSSR count). The Bertz CT molecular complexity index is 118. The number of hydrogen-bond donors (Lipinski definition) is 0. The molecule has 1 aliphatic heterocycles. The SMILES string of the molecule is CN1CCCC1C1CCC1.